The minimum atomic E-state index is 1.24. The van der Waals surface area contributed by atoms with Crippen LogP contribution in [0.4, 0.5) is 0 Å². The lowest BCUT2D eigenvalue weighted by atomic mass is 9.93. The molecule has 0 aliphatic carbocycles. The third-order valence-corrected chi connectivity index (χ3v) is 4.13. The minimum absolute atomic E-state index is 1.24. The molecule has 0 fully saturated rings. The summed E-state index contributed by atoms with van der Waals surface area (Å²) in [6, 6.07) is 25.5. The van der Waals surface area contributed by atoms with Crippen molar-refractivity contribution in [3.8, 4) is 22.3 Å². The van der Waals surface area contributed by atoms with Gasteiger partial charge in [0.25, 0.3) is 0 Å². The van der Waals surface area contributed by atoms with Gasteiger partial charge in [0.05, 0.1) is 0 Å². The standard InChI is InChI=1S/C19H17P/c1-14-17(15-8-4-2-5-9-15)12-13-18(20)19(14)16-10-6-3-7-11-16/h2-13H,20H2,1H3. The Morgan fingerprint density at radius 1 is 0.650 bits per heavy atom. The van der Waals surface area contributed by atoms with E-state index in [1.807, 2.05) is 0 Å². The van der Waals surface area contributed by atoms with E-state index in [-0.39, 0.29) is 0 Å². The molecule has 0 saturated heterocycles. The highest BCUT2D eigenvalue weighted by Gasteiger charge is 2.10. The summed E-state index contributed by atoms with van der Waals surface area (Å²) in [6.45, 7) is 2.21. The molecule has 0 bridgehead atoms. The molecule has 0 amide bonds. The van der Waals surface area contributed by atoms with E-state index in [1.54, 1.807) is 0 Å². The van der Waals surface area contributed by atoms with E-state index >= 15 is 0 Å². The largest absolute Gasteiger partial charge is 0.105 e. The van der Waals surface area contributed by atoms with Crippen molar-refractivity contribution in [1.82, 2.24) is 0 Å². The SMILES string of the molecule is Cc1c(-c2ccccc2)ccc(P)c1-c1ccccc1. The lowest BCUT2D eigenvalue weighted by Gasteiger charge is -2.15. The van der Waals surface area contributed by atoms with Crippen LogP contribution in [0.1, 0.15) is 5.56 Å². The van der Waals surface area contributed by atoms with E-state index in [0.717, 1.165) is 0 Å². The van der Waals surface area contributed by atoms with E-state index in [0.29, 0.717) is 0 Å². The van der Waals surface area contributed by atoms with Gasteiger partial charge in [-0.25, -0.2) is 0 Å². The lowest BCUT2D eigenvalue weighted by Crippen LogP contribution is -2.01. The molecule has 98 valence electrons. The summed E-state index contributed by atoms with van der Waals surface area (Å²) < 4.78 is 0. The second-order valence-electron chi connectivity index (χ2n) is 4.93. The number of rotatable bonds is 2. The molecular weight excluding hydrogens is 259 g/mol. The Morgan fingerprint density at radius 2 is 1.20 bits per heavy atom. The van der Waals surface area contributed by atoms with Gasteiger partial charge in [-0.1, -0.05) is 72.8 Å². The molecule has 0 heterocycles. The maximum atomic E-state index is 2.85. The highest BCUT2D eigenvalue weighted by atomic mass is 31.0. The van der Waals surface area contributed by atoms with Crippen LogP contribution in [0.15, 0.2) is 72.8 Å². The second kappa shape index (κ2) is 5.61. The van der Waals surface area contributed by atoms with Crippen LogP contribution >= 0.6 is 9.24 Å². The van der Waals surface area contributed by atoms with E-state index in [4.69, 9.17) is 0 Å². The Labute approximate surface area is 122 Å². The molecule has 0 aliphatic heterocycles. The molecule has 1 heteroatoms. The molecule has 0 aliphatic rings. The minimum Gasteiger partial charge on any atom is -0.105 e. The molecular formula is C19H17P. The van der Waals surface area contributed by atoms with Crippen molar-refractivity contribution in [3.63, 3.8) is 0 Å². The summed E-state index contributed by atoms with van der Waals surface area (Å²) in [4.78, 5) is 0. The van der Waals surface area contributed by atoms with Crippen molar-refractivity contribution < 1.29 is 0 Å². The molecule has 20 heavy (non-hydrogen) atoms. The van der Waals surface area contributed by atoms with Gasteiger partial charge in [-0.2, -0.15) is 0 Å². The molecule has 0 aromatic heterocycles. The smallest absolute Gasteiger partial charge is 0.00768 e. The monoisotopic (exact) mass is 276 g/mol. The Hall–Kier alpha value is -1.91. The Kier molecular flexibility index (Phi) is 3.67. The third-order valence-electron chi connectivity index (χ3n) is 3.64. The highest BCUT2D eigenvalue weighted by molar-refractivity contribution is 7.28. The van der Waals surface area contributed by atoms with Gasteiger partial charge in [0, 0.05) is 0 Å². The predicted molar refractivity (Wildman–Crippen MR) is 91.4 cm³/mol. The van der Waals surface area contributed by atoms with Crippen LogP contribution in [0.3, 0.4) is 0 Å². The summed E-state index contributed by atoms with van der Waals surface area (Å²) in [7, 11) is 2.85. The first-order valence-corrected chi connectivity index (χ1v) is 7.35. The lowest BCUT2D eigenvalue weighted by molar-refractivity contribution is 1.46. The predicted octanol–water partition coefficient (Wildman–Crippen LogP) is 4.83. The molecule has 3 aromatic carbocycles. The van der Waals surface area contributed by atoms with Crippen molar-refractivity contribution >= 4 is 14.5 Å². The molecule has 1 atom stereocenters. The maximum Gasteiger partial charge on any atom is -0.00768 e. The van der Waals surface area contributed by atoms with Gasteiger partial charge >= 0.3 is 0 Å². The van der Waals surface area contributed by atoms with Gasteiger partial charge in [-0.15, -0.1) is 9.24 Å². The molecule has 0 nitrogen and oxygen atoms in total. The van der Waals surface area contributed by atoms with E-state index in [2.05, 4.69) is 89.0 Å². The molecule has 0 saturated carbocycles. The van der Waals surface area contributed by atoms with Crippen LogP contribution in [0.25, 0.3) is 22.3 Å². The van der Waals surface area contributed by atoms with Crippen LogP contribution < -0.4 is 5.30 Å². The fourth-order valence-corrected chi connectivity index (χ4v) is 3.13. The van der Waals surface area contributed by atoms with Crippen molar-refractivity contribution in [3.05, 3.63) is 78.4 Å². The fourth-order valence-electron chi connectivity index (χ4n) is 2.65. The molecule has 0 N–H and O–H groups in total. The van der Waals surface area contributed by atoms with Crippen molar-refractivity contribution in [2.24, 2.45) is 0 Å². The van der Waals surface area contributed by atoms with E-state index in [9.17, 15) is 0 Å². The molecule has 3 rings (SSSR count). The quantitative estimate of drug-likeness (QED) is 0.588. The van der Waals surface area contributed by atoms with E-state index in [1.165, 1.54) is 33.1 Å². The first-order chi connectivity index (χ1) is 9.77. The van der Waals surface area contributed by atoms with Crippen LogP contribution in [-0.4, -0.2) is 0 Å². The topological polar surface area (TPSA) is 0 Å². The van der Waals surface area contributed by atoms with Crippen molar-refractivity contribution in [1.29, 1.82) is 0 Å². The zero-order valence-corrected chi connectivity index (χ0v) is 12.7. The molecule has 0 spiro atoms. The Morgan fingerprint density at radius 3 is 1.80 bits per heavy atom. The Balaban J connectivity index is 2.22. The van der Waals surface area contributed by atoms with Crippen LogP contribution in [-0.2, 0) is 0 Å². The summed E-state index contributed by atoms with van der Waals surface area (Å²) >= 11 is 0. The first kappa shape index (κ1) is 13.1. The molecule has 1 unspecified atom stereocenters. The number of hydrogen-bond donors (Lipinski definition) is 0. The zero-order chi connectivity index (χ0) is 13.9. The van der Waals surface area contributed by atoms with Crippen molar-refractivity contribution in [2.45, 2.75) is 6.92 Å². The molecule has 0 radical (unpaired) electrons. The summed E-state index contributed by atoms with van der Waals surface area (Å²) in [6.07, 6.45) is 0. The van der Waals surface area contributed by atoms with Gasteiger partial charge in [0.2, 0.25) is 0 Å². The second-order valence-corrected chi connectivity index (χ2v) is 5.56. The molecule has 3 aromatic rings. The third kappa shape index (κ3) is 2.40. The number of benzene rings is 3. The van der Waals surface area contributed by atoms with Gasteiger partial charge < -0.3 is 0 Å². The van der Waals surface area contributed by atoms with Gasteiger partial charge in [-0.3, -0.25) is 0 Å². The van der Waals surface area contributed by atoms with Crippen LogP contribution in [0.5, 0.6) is 0 Å². The fraction of sp³-hybridized carbons (Fsp3) is 0.0526. The normalized spacial score (nSPS) is 10.5. The van der Waals surface area contributed by atoms with Crippen LogP contribution in [0, 0.1) is 6.92 Å². The van der Waals surface area contributed by atoms with Gasteiger partial charge in [-0.05, 0) is 40.0 Å². The van der Waals surface area contributed by atoms with Gasteiger partial charge in [0.1, 0.15) is 0 Å². The van der Waals surface area contributed by atoms with E-state index < -0.39 is 0 Å². The first-order valence-electron chi connectivity index (χ1n) is 6.77. The average Bonchev–Trinajstić information content (AvgIpc) is 2.49. The maximum absolute atomic E-state index is 2.85. The average molecular weight is 276 g/mol. The summed E-state index contributed by atoms with van der Waals surface area (Å²) in [5.74, 6) is 0. The van der Waals surface area contributed by atoms with Gasteiger partial charge in [0.15, 0.2) is 0 Å². The Bertz CT molecular complexity index is 716. The zero-order valence-electron chi connectivity index (χ0n) is 11.5. The van der Waals surface area contributed by atoms with Crippen molar-refractivity contribution in [2.75, 3.05) is 0 Å². The summed E-state index contributed by atoms with van der Waals surface area (Å²) in [5.41, 5.74) is 6.49. The highest BCUT2D eigenvalue weighted by Crippen LogP contribution is 2.31. The summed E-state index contributed by atoms with van der Waals surface area (Å²) in [5, 5.41) is 1.24. The van der Waals surface area contributed by atoms with Crippen LogP contribution in [0.2, 0.25) is 0 Å². The number of hydrogen-bond acceptors (Lipinski definition) is 0.